The maximum atomic E-state index is 13.0. The summed E-state index contributed by atoms with van der Waals surface area (Å²) in [4.78, 5) is 27.2. The van der Waals surface area contributed by atoms with Gasteiger partial charge in [-0.3, -0.25) is 9.59 Å². The molecule has 0 aliphatic heterocycles. The number of nitrogens with zero attached hydrogens (tertiary/aromatic N) is 1. The second-order valence-electron chi connectivity index (χ2n) is 8.10. The lowest BCUT2D eigenvalue weighted by Crippen LogP contribution is -2.30. The van der Waals surface area contributed by atoms with E-state index in [0.29, 0.717) is 30.3 Å². The van der Waals surface area contributed by atoms with E-state index in [1.807, 2.05) is 61.5 Å². The second-order valence-corrected chi connectivity index (χ2v) is 8.10. The van der Waals surface area contributed by atoms with E-state index in [4.69, 9.17) is 4.74 Å². The molecule has 172 valence electrons. The number of para-hydroxylation sites is 1. The van der Waals surface area contributed by atoms with Crippen molar-refractivity contribution < 1.29 is 14.3 Å². The van der Waals surface area contributed by atoms with Crippen molar-refractivity contribution in [3.05, 3.63) is 84.4 Å². The van der Waals surface area contributed by atoms with Crippen molar-refractivity contribution in [2.75, 3.05) is 35.2 Å². The highest BCUT2D eigenvalue weighted by molar-refractivity contribution is 6.07. The fourth-order valence-corrected chi connectivity index (χ4v) is 3.26. The first-order valence-corrected chi connectivity index (χ1v) is 11.2. The molecule has 0 bridgehead atoms. The molecule has 0 aliphatic rings. The van der Waals surface area contributed by atoms with Crippen LogP contribution in [-0.2, 0) is 4.79 Å². The summed E-state index contributed by atoms with van der Waals surface area (Å²) in [6.07, 6.45) is 0. The molecule has 3 aromatic carbocycles. The van der Waals surface area contributed by atoms with E-state index in [1.165, 1.54) is 0 Å². The van der Waals surface area contributed by atoms with E-state index in [0.717, 1.165) is 17.1 Å². The van der Waals surface area contributed by atoms with Crippen LogP contribution in [0.5, 0.6) is 5.75 Å². The predicted molar refractivity (Wildman–Crippen MR) is 134 cm³/mol. The van der Waals surface area contributed by atoms with Gasteiger partial charge in [0.25, 0.3) is 5.91 Å². The topological polar surface area (TPSA) is 70.7 Å². The second kappa shape index (κ2) is 11.7. The summed E-state index contributed by atoms with van der Waals surface area (Å²) in [6.45, 7) is 7.45. The highest BCUT2D eigenvalue weighted by atomic mass is 16.5. The smallest absolute Gasteiger partial charge is 0.258 e. The maximum absolute atomic E-state index is 13.0. The van der Waals surface area contributed by atoms with Gasteiger partial charge in [-0.15, -0.1) is 0 Å². The van der Waals surface area contributed by atoms with Gasteiger partial charge < -0.3 is 20.3 Å². The summed E-state index contributed by atoms with van der Waals surface area (Å²) in [7, 11) is 0. The van der Waals surface area contributed by atoms with E-state index in [-0.39, 0.29) is 18.4 Å². The normalized spacial score (nSPS) is 10.5. The van der Waals surface area contributed by atoms with Crippen LogP contribution < -0.4 is 20.3 Å². The Labute approximate surface area is 195 Å². The number of nitrogens with one attached hydrogen (secondary N) is 2. The van der Waals surface area contributed by atoms with Crippen molar-refractivity contribution in [1.29, 1.82) is 0 Å². The summed E-state index contributed by atoms with van der Waals surface area (Å²) in [5.74, 6) is 0.952. The lowest BCUT2D eigenvalue weighted by atomic mass is 10.1. The molecule has 0 unspecified atom stereocenters. The molecule has 0 saturated carbocycles. The van der Waals surface area contributed by atoms with Crippen LogP contribution in [0.15, 0.2) is 78.9 Å². The Morgan fingerprint density at radius 1 is 0.909 bits per heavy atom. The van der Waals surface area contributed by atoms with Gasteiger partial charge in [0.1, 0.15) is 5.75 Å². The number of anilines is 3. The lowest BCUT2D eigenvalue weighted by molar-refractivity contribution is -0.114. The highest BCUT2D eigenvalue weighted by Gasteiger charge is 2.16. The standard InChI is InChI=1S/C27H31N3O3/c1-4-30(24-11-6-5-7-12-24)27(32)21-9-8-10-23(17-21)29-26(31)18-28-22-13-15-25(16-14-22)33-19-20(2)3/h5-17,20,28H,4,18-19H2,1-3H3,(H,29,31). The number of hydrogen-bond donors (Lipinski definition) is 2. The maximum Gasteiger partial charge on any atom is 0.258 e. The van der Waals surface area contributed by atoms with Crippen LogP contribution in [0.3, 0.4) is 0 Å². The molecule has 0 spiro atoms. The van der Waals surface area contributed by atoms with Gasteiger partial charge in [-0.05, 0) is 67.4 Å². The number of amides is 2. The average molecular weight is 446 g/mol. The summed E-state index contributed by atoms with van der Waals surface area (Å²) in [5.41, 5.74) is 2.76. The zero-order valence-corrected chi connectivity index (χ0v) is 19.4. The van der Waals surface area contributed by atoms with Crippen molar-refractivity contribution >= 4 is 28.9 Å². The first kappa shape index (κ1) is 23.9. The minimum atomic E-state index is -0.199. The number of carbonyl (C=O) groups is 2. The van der Waals surface area contributed by atoms with Crippen LogP contribution in [0.4, 0.5) is 17.1 Å². The van der Waals surface area contributed by atoms with Crippen molar-refractivity contribution in [3.8, 4) is 5.75 Å². The lowest BCUT2D eigenvalue weighted by Gasteiger charge is -2.21. The third-order valence-corrected chi connectivity index (χ3v) is 4.91. The molecular formula is C27H31N3O3. The molecular weight excluding hydrogens is 414 g/mol. The summed E-state index contributed by atoms with van der Waals surface area (Å²) < 4.78 is 5.67. The molecule has 3 aromatic rings. The van der Waals surface area contributed by atoms with E-state index in [2.05, 4.69) is 24.5 Å². The number of benzene rings is 3. The first-order valence-electron chi connectivity index (χ1n) is 11.2. The molecule has 0 aromatic heterocycles. The summed E-state index contributed by atoms with van der Waals surface area (Å²) >= 11 is 0. The van der Waals surface area contributed by atoms with Crippen molar-refractivity contribution in [2.24, 2.45) is 5.92 Å². The molecule has 3 rings (SSSR count). The van der Waals surface area contributed by atoms with Gasteiger partial charge in [-0.2, -0.15) is 0 Å². The van der Waals surface area contributed by atoms with Crippen LogP contribution >= 0.6 is 0 Å². The zero-order valence-electron chi connectivity index (χ0n) is 19.4. The van der Waals surface area contributed by atoms with Crippen LogP contribution in [0.25, 0.3) is 0 Å². The molecule has 0 atom stereocenters. The summed E-state index contributed by atoms with van der Waals surface area (Å²) in [6, 6.07) is 24.0. The molecule has 0 radical (unpaired) electrons. The number of ether oxygens (including phenoxy) is 1. The van der Waals surface area contributed by atoms with E-state index >= 15 is 0 Å². The van der Waals surface area contributed by atoms with Crippen LogP contribution in [0.1, 0.15) is 31.1 Å². The fourth-order valence-electron chi connectivity index (χ4n) is 3.26. The van der Waals surface area contributed by atoms with Gasteiger partial charge in [0.2, 0.25) is 5.91 Å². The third kappa shape index (κ3) is 7.10. The molecule has 0 saturated heterocycles. The molecule has 0 heterocycles. The molecule has 6 heteroatoms. The largest absolute Gasteiger partial charge is 0.493 e. The van der Waals surface area contributed by atoms with Crippen LogP contribution in [0.2, 0.25) is 0 Å². The van der Waals surface area contributed by atoms with Gasteiger partial charge in [0, 0.05) is 29.2 Å². The van der Waals surface area contributed by atoms with Gasteiger partial charge in [0.15, 0.2) is 0 Å². The van der Waals surface area contributed by atoms with E-state index < -0.39 is 0 Å². The van der Waals surface area contributed by atoms with Crippen molar-refractivity contribution in [3.63, 3.8) is 0 Å². The van der Waals surface area contributed by atoms with Crippen LogP contribution in [-0.4, -0.2) is 31.5 Å². The number of hydrogen-bond acceptors (Lipinski definition) is 4. The van der Waals surface area contributed by atoms with Crippen molar-refractivity contribution in [1.82, 2.24) is 0 Å². The van der Waals surface area contributed by atoms with E-state index in [9.17, 15) is 9.59 Å². The Bertz CT molecular complexity index is 1050. The Kier molecular flexibility index (Phi) is 8.47. The van der Waals surface area contributed by atoms with Gasteiger partial charge in [-0.1, -0.05) is 38.1 Å². The Morgan fingerprint density at radius 2 is 1.64 bits per heavy atom. The first-order chi connectivity index (χ1) is 16.0. The number of rotatable bonds is 10. The van der Waals surface area contributed by atoms with Gasteiger partial charge in [0.05, 0.1) is 13.2 Å². The van der Waals surface area contributed by atoms with Crippen LogP contribution in [0, 0.1) is 5.92 Å². The molecule has 33 heavy (non-hydrogen) atoms. The molecule has 2 amide bonds. The van der Waals surface area contributed by atoms with Gasteiger partial charge >= 0.3 is 0 Å². The predicted octanol–water partition coefficient (Wildman–Crippen LogP) is 5.44. The Balaban J connectivity index is 1.56. The quantitative estimate of drug-likeness (QED) is 0.436. The van der Waals surface area contributed by atoms with E-state index in [1.54, 1.807) is 29.2 Å². The SMILES string of the molecule is CCN(C(=O)c1cccc(NC(=O)CNc2ccc(OCC(C)C)cc2)c1)c1ccccc1. The monoisotopic (exact) mass is 445 g/mol. The third-order valence-electron chi connectivity index (χ3n) is 4.91. The average Bonchev–Trinajstić information content (AvgIpc) is 2.83. The minimum Gasteiger partial charge on any atom is -0.493 e. The van der Waals surface area contributed by atoms with Gasteiger partial charge in [-0.25, -0.2) is 0 Å². The molecule has 0 aliphatic carbocycles. The molecule has 6 nitrogen and oxygen atoms in total. The highest BCUT2D eigenvalue weighted by Crippen LogP contribution is 2.19. The minimum absolute atomic E-state index is 0.107. The fraction of sp³-hybridized carbons (Fsp3) is 0.259. The molecule has 0 fully saturated rings. The summed E-state index contributed by atoms with van der Waals surface area (Å²) in [5, 5.41) is 5.95. The zero-order chi connectivity index (χ0) is 23.6. The Morgan fingerprint density at radius 3 is 2.30 bits per heavy atom. The number of carbonyl (C=O) groups excluding carboxylic acids is 2. The Hall–Kier alpha value is -3.80. The van der Waals surface area contributed by atoms with Crippen molar-refractivity contribution in [2.45, 2.75) is 20.8 Å². The molecule has 2 N–H and O–H groups in total.